The number of hydrogen-bond acceptors (Lipinski definition) is 3. The van der Waals surface area contributed by atoms with Crippen molar-refractivity contribution < 1.29 is 108 Å². The molecule has 0 saturated heterocycles. The van der Waals surface area contributed by atoms with Crippen LogP contribution in [0.4, 0.5) is 0 Å². The van der Waals surface area contributed by atoms with Gasteiger partial charge in [-0.05, 0) is 0 Å². The molecule has 3 nitrogen and oxygen atoms in total. The second-order valence-electron chi connectivity index (χ2n) is 0.268. The molecule has 0 spiro atoms. The number of hydrogen-bond donors (Lipinski definition) is 3. The third-order valence-electron chi connectivity index (χ3n) is 0. The van der Waals surface area contributed by atoms with Gasteiger partial charge in [-0.2, -0.15) is 0 Å². The maximum atomic E-state index is 7.23. The average molecular weight is 363 g/mol. The molecule has 8 heavy (non-hydrogen) atoms. The summed E-state index contributed by atoms with van der Waals surface area (Å²) in [6, 6.07) is 0. The van der Waals surface area contributed by atoms with Gasteiger partial charge in [0.1, 0.15) is 0 Å². The van der Waals surface area contributed by atoms with Crippen molar-refractivity contribution in [3.8, 4) is 0 Å². The van der Waals surface area contributed by atoms with Gasteiger partial charge in [0.2, 0.25) is 0 Å². The molecule has 0 aromatic carbocycles. The molecular formula is H8Na3O3PPb. The van der Waals surface area contributed by atoms with Crippen LogP contribution in [0.1, 0.15) is 4.28 Å². The zero-order valence-corrected chi connectivity index (χ0v) is 17.9. The summed E-state index contributed by atoms with van der Waals surface area (Å²) < 4.78 is 0. The maximum absolute atomic E-state index is 7.23. The molecule has 8 heteroatoms. The fourth-order valence-corrected chi connectivity index (χ4v) is 0. The molecule has 0 bridgehead atoms. The van der Waals surface area contributed by atoms with Gasteiger partial charge in [-0.15, -0.1) is 0 Å². The Hall–Kier alpha value is 4.23. The van der Waals surface area contributed by atoms with Crippen LogP contribution >= 0.6 is 8.60 Å². The monoisotopic (exact) mass is 364 g/mol. The number of rotatable bonds is 0. The molecule has 0 unspecified atom stereocenters. The summed E-state index contributed by atoms with van der Waals surface area (Å²) in [5.41, 5.74) is 0. The fraction of sp³-hybridized carbons (Fsp3) is 0. The van der Waals surface area contributed by atoms with Gasteiger partial charge in [-0.1, -0.05) is 0 Å². The first-order chi connectivity index (χ1) is 1.73. The molecule has 0 aliphatic heterocycles. The predicted octanol–water partition coefficient (Wildman–Crippen LogP) is -10.4. The normalized spacial score (nSPS) is 4.50. The zero-order valence-electron chi connectivity index (χ0n) is 8.50. The van der Waals surface area contributed by atoms with Gasteiger partial charge >= 0.3 is 125 Å². The van der Waals surface area contributed by atoms with Crippen molar-refractivity contribution in [2.24, 2.45) is 0 Å². The Balaban J connectivity index is -0.00000000214. The van der Waals surface area contributed by atoms with Crippen molar-refractivity contribution in [2.75, 3.05) is 0 Å². The summed E-state index contributed by atoms with van der Waals surface area (Å²) in [4.78, 5) is 21.7. The fourth-order valence-electron chi connectivity index (χ4n) is 0. The molecule has 3 N–H and O–H groups in total. The molecule has 0 aromatic rings. The van der Waals surface area contributed by atoms with Crippen LogP contribution in [0.2, 0.25) is 0 Å². The summed E-state index contributed by atoms with van der Waals surface area (Å²) in [6.45, 7) is 0. The van der Waals surface area contributed by atoms with Crippen LogP contribution in [0.3, 0.4) is 0 Å². The van der Waals surface area contributed by atoms with E-state index in [4.69, 9.17) is 14.7 Å². The quantitative estimate of drug-likeness (QED) is 0.296. The topological polar surface area (TPSA) is 60.7 Å². The van der Waals surface area contributed by atoms with Gasteiger partial charge in [-0.25, -0.2) is 0 Å². The van der Waals surface area contributed by atoms with E-state index in [1.807, 2.05) is 0 Å². The Kier molecular flexibility index (Phi) is 82.9. The van der Waals surface area contributed by atoms with Crippen LogP contribution in [-0.2, 0) is 0 Å². The molecule has 0 amide bonds. The molecule has 0 aliphatic rings. The summed E-state index contributed by atoms with van der Waals surface area (Å²) in [5, 5.41) is 0. The van der Waals surface area contributed by atoms with Crippen LogP contribution in [0, 0.1) is 0 Å². The third-order valence-corrected chi connectivity index (χ3v) is 0. The van der Waals surface area contributed by atoms with E-state index in [-0.39, 0.29) is 120 Å². The minimum absolute atomic E-state index is 0. The van der Waals surface area contributed by atoms with Crippen LogP contribution in [-0.4, -0.2) is 42.0 Å². The van der Waals surface area contributed by atoms with Gasteiger partial charge in [0.05, 0.1) is 0 Å². The summed E-state index contributed by atoms with van der Waals surface area (Å²) in [5.74, 6) is 0. The van der Waals surface area contributed by atoms with E-state index in [1.54, 1.807) is 0 Å². The standard InChI is InChI=1S/3Na.H3O3P.Pb.5H/c;;;1-4(2)3;;;;;;/h;;;1-3H;;;;;;/q3*+1;;;;;3*-1. The van der Waals surface area contributed by atoms with E-state index in [9.17, 15) is 0 Å². The van der Waals surface area contributed by atoms with E-state index in [2.05, 4.69) is 0 Å². The first kappa shape index (κ1) is 29.5. The Morgan fingerprint density at radius 2 is 0.875 bits per heavy atom. The van der Waals surface area contributed by atoms with Crippen molar-refractivity contribution in [1.82, 2.24) is 0 Å². The summed E-state index contributed by atoms with van der Waals surface area (Å²) >= 11 is 0. The molecule has 0 heterocycles. The Bertz CT molecular complexity index is 28.5. The van der Waals surface area contributed by atoms with Crippen molar-refractivity contribution >= 4 is 35.9 Å². The first-order valence-corrected chi connectivity index (χ1v) is 1.80. The molecule has 0 atom stereocenters. The van der Waals surface area contributed by atoms with Crippen LogP contribution in [0.25, 0.3) is 0 Å². The van der Waals surface area contributed by atoms with Crippen LogP contribution < -0.4 is 88.7 Å². The summed E-state index contributed by atoms with van der Waals surface area (Å²) in [7, 11) is -2.62. The van der Waals surface area contributed by atoms with E-state index in [0.717, 1.165) is 0 Å². The van der Waals surface area contributed by atoms with E-state index in [1.165, 1.54) is 0 Å². The van der Waals surface area contributed by atoms with Crippen LogP contribution in [0.5, 0.6) is 0 Å². The molecule has 38 valence electrons. The van der Waals surface area contributed by atoms with Gasteiger partial charge in [0.25, 0.3) is 0 Å². The predicted molar refractivity (Wildman–Crippen MR) is 25.5 cm³/mol. The molecule has 0 aromatic heterocycles. The molecule has 0 rings (SSSR count). The van der Waals surface area contributed by atoms with Gasteiger partial charge in [-0.3, -0.25) is 0 Å². The molecular weight excluding hydrogens is 355 g/mol. The van der Waals surface area contributed by atoms with Crippen molar-refractivity contribution in [3.63, 3.8) is 0 Å². The van der Waals surface area contributed by atoms with Crippen molar-refractivity contribution in [3.05, 3.63) is 0 Å². The average Bonchev–Trinajstić information content (AvgIpc) is 0.811. The molecule has 0 saturated carbocycles. The van der Waals surface area contributed by atoms with Gasteiger partial charge in [0, 0.05) is 0 Å². The Morgan fingerprint density at radius 3 is 0.875 bits per heavy atom. The van der Waals surface area contributed by atoms with Gasteiger partial charge in [0.15, 0.2) is 0 Å². The second kappa shape index (κ2) is 22.5. The van der Waals surface area contributed by atoms with E-state index in [0.29, 0.717) is 0 Å². The third kappa shape index (κ3) is 48.7. The van der Waals surface area contributed by atoms with Crippen LogP contribution in [0.15, 0.2) is 0 Å². The Morgan fingerprint density at radius 1 is 0.875 bits per heavy atom. The van der Waals surface area contributed by atoms with Gasteiger partial charge < -0.3 is 19.0 Å². The first-order valence-electron chi connectivity index (χ1n) is 0.600. The van der Waals surface area contributed by atoms with E-state index < -0.39 is 8.60 Å². The van der Waals surface area contributed by atoms with E-state index >= 15 is 0 Å². The second-order valence-corrected chi connectivity index (χ2v) is 0.805. The summed E-state index contributed by atoms with van der Waals surface area (Å²) in [6.07, 6.45) is 0. The van der Waals surface area contributed by atoms with Crippen molar-refractivity contribution in [1.29, 1.82) is 0 Å². The zero-order chi connectivity index (χ0) is 3.58. The Labute approximate surface area is 140 Å². The molecule has 0 fully saturated rings. The molecule has 2 radical (unpaired) electrons. The SMILES string of the molecule is OP(O)O.[H-].[H-].[H-].[Na+].[Na+].[Na+].[PbH2]. The van der Waals surface area contributed by atoms with Crippen molar-refractivity contribution in [2.45, 2.75) is 0 Å². The molecule has 0 aliphatic carbocycles. The minimum atomic E-state index is -2.62.